The molecule has 0 aromatic rings. The van der Waals surface area contributed by atoms with Gasteiger partial charge in [-0.2, -0.15) is 0 Å². The minimum Gasteiger partial charge on any atom is -0.369 e. The fourth-order valence-corrected chi connectivity index (χ4v) is 6.47. The lowest BCUT2D eigenvalue weighted by molar-refractivity contribution is -0.141. The van der Waals surface area contributed by atoms with E-state index in [-0.39, 0.29) is 11.7 Å². The standard InChI is InChI=1S/C38H75NO2/c1-4-7-9-11-13-15-17-19-21-22-24-26-28-30-32-34-36(40)38(6-3,37(39)41)35-33-31-29-27-25-23-20-18-16-14-12-10-8-5-2/h4-35H2,1-3H3,(H2,39,41). The third-order valence-electron chi connectivity index (χ3n) is 9.57. The summed E-state index contributed by atoms with van der Waals surface area (Å²) >= 11 is 0. The van der Waals surface area contributed by atoms with Gasteiger partial charge in [0.05, 0.1) is 0 Å². The van der Waals surface area contributed by atoms with E-state index in [0.717, 1.165) is 25.7 Å². The Kier molecular flexibility index (Phi) is 30.0. The van der Waals surface area contributed by atoms with E-state index in [1.54, 1.807) is 0 Å². The summed E-state index contributed by atoms with van der Waals surface area (Å²) in [6, 6.07) is 0. The molecule has 0 aliphatic heterocycles. The van der Waals surface area contributed by atoms with Crippen molar-refractivity contribution in [2.45, 2.75) is 226 Å². The summed E-state index contributed by atoms with van der Waals surface area (Å²) in [5.41, 5.74) is 4.91. The van der Waals surface area contributed by atoms with Crippen molar-refractivity contribution in [1.29, 1.82) is 0 Å². The maximum atomic E-state index is 13.1. The molecule has 0 fully saturated rings. The summed E-state index contributed by atoms with van der Waals surface area (Å²) in [7, 11) is 0. The van der Waals surface area contributed by atoms with E-state index in [1.165, 1.54) is 161 Å². The second kappa shape index (κ2) is 30.6. The predicted octanol–water partition coefficient (Wildman–Crippen LogP) is 12.6. The van der Waals surface area contributed by atoms with Crippen LogP contribution >= 0.6 is 0 Å². The van der Waals surface area contributed by atoms with Crippen LogP contribution in [-0.2, 0) is 9.59 Å². The molecule has 0 aliphatic rings. The van der Waals surface area contributed by atoms with Crippen molar-refractivity contribution in [2.24, 2.45) is 11.1 Å². The van der Waals surface area contributed by atoms with Crippen LogP contribution in [0.1, 0.15) is 226 Å². The molecule has 1 amide bonds. The summed E-state index contributed by atoms with van der Waals surface area (Å²) in [5.74, 6) is -0.280. The summed E-state index contributed by atoms with van der Waals surface area (Å²) in [5, 5.41) is 0. The number of primary amides is 1. The van der Waals surface area contributed by atoms with Gasteiger partial charge in [0.25, 0.3) is 0 Å². The van der Waals surface area contributed by atoms with Gasteiger partial charge in [-0.15, -0.1) is 0 Å². The smallest absolute Gasteiger partial charge is 0.231 e. The van der Waals surface area contributed by atoms with E-state index in [0.29, 0.717) is 19.3 Å². The first-order valence-corrected chi connectivity index (χ1v) is 18.9. The molecule has 0 saturated heterocycles. The molecule has 0 spiro atoms. The SMILES string of the molecule is CCCCCCCCCCCCCCCCCC(=O)C(CC)(CCCCCCCCCCCCCCCC)C(N)=O. The molecule has 0 heterocycles. The van der Waals surface area contributed by atoms with Gasteiger partial charge in [-0.1, -0.05) is 201 Å². The summed E-state index contributed by atoms with van der Waals surface area (Å²) in [4.78, 5) is 25.6. The number of rotatable bonds is 34. The van der Waals surface area contributed by atoms with E-state index >= 15 is 0 Å². The molecule has 0 saturated carbocycles. The van der Waals surface area contributed by atoms with Gasteiger partial charge in [0.2, 0.25) is 5.91 Å². The highest BCUT2D eigenvalue weighted by molar-refractivity contribution is 6.05. The Bertz CT molecular complexity index is 575. The van der Waals surface area contributed by atoms with E-state index < -0.39 is 5.41 Å². The largest absolute Gasteiger partial charge is 0.369 e. The molecule has 3 nitrogen and oxygen atoms in total. The van der Waals surface area contributed by atoms with Crippen LogP contribution in [0.15, 0.2) is 0 Å². The van der Waals surface area contributed by atoms with Gasteiger partial charge < -0.3 is 5.73 Å². The van der Waals surface area contributed by atoms with Crippen molar-refractivity contribution < 1.29 is 9.59 Å². The average Bonchev–Trinajstić information content (AvgIpc) is 2.97. The highest BCUT2D eigenvalue weighted by atomic mass is 16.2. The molecule has 0 aromatic carbocycles. The number of carbonyl (C=O) groups excluding carboxylic acids is 2. The fraction of sp³-hybridized carbons (Fsp3) is 0.947. The predicted molar refractivity (Wildman–Crippen MR) is 181 cm³/mol. The highest BCUT2D eigenvalue weighted by Crippen LogP contribution is 2.32. The van der Waals surface area contributed by atoms with Crippen molar-refractivity contribution in [3.8, 4) is 0 Å². The summed E-state index contributed by atoms with van der Waals surface area (Å²) in [6.45, 7) is 6.53. The molecule has 1 atom stereocenters. The topological polar surface area (TPSA) is 60.2 Å². The number of hydrogen-bond acceptors (Lipinski definition) is 2. The molecule has 0 bridgehead atoms. The number of unbranched alkanes of at least 4 members (excludes halogenated alkanes) is 27. The number of Topliss-reactive ketones (excluding diaryl/α,β-unsaturated/α-hetero) is 1. The fourth-order valence-electron chi connectivity index (χ4n) is 6.47. The third-order valence-corrected chi connectivity index (χ3v) is 9.57. The van der Waals surface area contributed by atoms with Crippen LogP contribution in [-0.4, -0.2) is 11.7 Å². The molecule has 0 radical (unpaired) electrons. The van der Waals surface area contributed by atoms with Crippen molar-refractivity contribution in [2.75, 3.05) is 0 Å². The second-order valence-electron chi connectivity index (χ2n) is 13.3. The van der Waals surface area contributed by atoms with Crippen LogP contribution in [0.2, 0.25) is 0 Å². The minimum atomic E-state index is -0.923. The lowest BCUT2D eigenvalue weighted by Crippen LogP contribution is -2.43. The van der Waals surface area contributed by atoms with E-state index in [9.17, 15) is 9.59 Å². The number of carbonyl (C=O) groups is 2. The molecule has 0 aromatic heterocycles. The van der Waals surface area contributed by atoms with Gasteiger partial charge in [0.15, 0.2) is 0 Å². The van der Waals surface area contributed by atoms with E-state index in [2.05, 4.69) is 13.8 Å². The highest BCUT2D eigenvalue weighted by Gasteiger charge is 2.40. The van der Waals surface area contributed by atoms with Crippen LogP contribution < -0.4 is 5.73 Å². The lowest BCUT2D eigenvalue weighted by atomic mass is 9.74. The van der Waals surface area contributed by atoms with Crippen molar-refractivity contribution >= 4 is 11.7 Å². The zero-order valence-electron chi connectivity index (χ0n) is 28.5. The van der Waals surface area contributed by atoms with Crippen LogP contribution in [0.25, 0.3) is 0 Å². The molecule has 3 heteroatoms. The van der Waals surface area contributed by atoms with Crippen molar-refractivity contribution in [1.82, 2.24) is 0 Å². The zero-order chi connectivity index (χ0) is 30.3. The molecule has 244 valence electrons. The van der Waals surface area contributed by atoms with Crippen molar-refractivity contribution in [3.05, 3.63) is 0 Å². The number of amides is 1. The van der Waals surface area contributed by atoms with Crippen LogP contribution in [0.4, 0.5) is 0 Å². The summed E-state index contributed by atoms with van der Waals surface area (Å²) < 4.78 is 0. The number of nitrogens with two attached hydrogens (primary N) is 1. The van der Waals surface area contributed by atoms with Crippen LogP contribution in [0, 0.1) is 5.41 Å². The molecule has 0 aliphatic carbocycles. The first-order chi connectivity index (χ1) is 20.0. The van der Waals surface area contributed by atoms with Gasteiger partial charge in [-0.3, -0.25) is 9.59 Å². The number of ketones is 1. The Balaban J connectivity index is 3.81. The Morgan fingerprint density at radius 3 is 0.951 bits per heavy atom. The van der Waals surface area contributed by atoms with Crippen molar-refractivity contribution in [3.63, 3.8) is 0 Å². The Morgan fingerprint density at radius 2 is 0.683 bits per heavy atom. The van der Waals surface area contributed by atoms with Gasteiger partial charge in [0.1, 0.15) is 11.2 Å². The Morgan fingerprint density at radius 1 is 0.415 bits per heavy atom. The van der Waals surface area contributed by atoms with Crippen LogP contribution in [0.5, 0.6) is 0 Å². The van der Waals surface area contributed by atoms with Gasteiger partial charge >= 0.3 is 0 Å². The van der Waals surface area contributed by atoms with E-state index in [1.807, 2.05) is 6.92 Å². The van der Waals surface area contributed by atoms with Crippen LogP contribution in [0.3, 0.4) is 0 Å². The first kappa shape index (κ1) is 40.1. The molecular formula is C38H75NO2. The monoisotopic (exact) mass is 578 g/mol. The summed E-state index contributed by atoms with van der Waals surface area (Å²) in [6.07, 6.45) is 39.9. The molecular weight excluding hydrogens is 502 g/mol. The maximum Gasteiger partial charge on any atom is 0.231 e. The molecule has 1 unspecified atom stereocenters. The molecule has 0 rings (SSSR count). The molecule has 41 heavy (non-hydrogen) atoms. The number of hydrogen-bond donors (Lipinski definition) is 1. The zero-order valence-corrected chi connectivity index (χ0v) is 28.5. The average molecular weight is 578 g/mol. The lowest BCUT2D eigenvalue weighted by Gasteiger charge is -2.28. The quantitative estimate of drug-likeness (QED) is 0.0610. The Labute approximate surface area is 258 Å². The molecule has 2 N–H and O–H groups in total. The minimum absolute atomic E-state index is 0.108. The van der Waals surface area contributed by atoms with Gasteiger partial charge in [-0.05, 0) is 19.3 Å². The first-order valence-electron chi connectivity index (χ1n) is 18.9. The van der Waals surface area contributed by atoms with Gasteiger partial charge in [-0.25, -0.2) is 0 Å². The second-order valence-corrected chi connectivity index (χ2v) is 13.3. The third kappa shape index (κ3) is 23.3. The Hall–Kier alpha value is -0.860. The van der Waals surface area contributed by atoms with E-state index in [4.69, 9.17) is 5.73 Å². The normalized spacial score (nSPS) is 13.0. The maximum absolute atomic E-state index is 13.1. The van der Waals surface area contributed by atoms with Gasteiger partial charge in [0, 0.05) is 6.42 Å².